The molecule has 130 valence electrons. The van der Waals surface area contributed by atoms with E-state index in [2.05, 4.69) is 15.2 Å². The molecule has 0 spiro atoms. The molecule has 0 aliphatic rings. The minimum atomic E-state index is -4.65. The first kappa shape index (κ1) is 16.2. The Labute approximate surface area is 144 Å². The Kier molecular flexibility index (Phi) is 3.68. The fourth-order valence-corrected chi connectivity index (χ4v) is 2.65. The van der Waals surface area contributed by atoms with Gasteiger partial charge in [0, 0.05) is 0 Å². The summed E-state index contributed by atoms with van der Waals surface area (Å²) in [6, 6.07) is 12.1. The second-order valence-electron chi connectivity index (χ2n) is 5.55. The number of fused-ring (bicyclic) bond motifs is 3. The van der Waals surface area contributed by atoms with Gasteiger partial charge in [0.1, 0.15) is 11.5 Å². The number of para-hydroxylation sites is 2. The summed E-state index contributed by atoms with van der Waals surface area (Å²) in [6.07, 6.45) is -1.50. The SMILES string of the molecule is Fc1ccc(/C=C/c2nc3ccccc3n3c(C(F)(F)F)nnc23)cc1. The molecule has 0 saturated carbocycles. The zero-order valence-electron chi connectivity index (χ0n) is 13.1. The van der Waals surface area contributed by atoms with Crippen LogP contribution in [0.25, 0.3) is 28.8 Å². The molecule has 2 aromatic carbocycles. The Morgan fingerprint density at radius 1 is 0.885 bits per heavy atom. The molecule has 0 bridgehead atoms. The largest absolute Gasteiger partial charge is 0.452 e. The maximum Gasteiger partial charge on any atom is 0.452 e. The Hall–Kier alpha value is -3.29. The molecule has 0 saturated heterocycles. The van der Waals surface area contributed by atoms with Gasteiger partial charge in [-0.25, -0.2) is 9.37 Å². The standard InChI is InChI=1S/C18H10F4N4/c19-12-8-5-11(6-9-12)7-10-14-16-24-25-17(18(20,21)22)26(16)15-4-2-1-3-13(15)23-14/h1-10H/b10-7+. The highest BCUT2D eigenvalue weighted by atomic mass is 19.4. The Balaban J connectivity index is 1.94. The number of nitrogens with zero attached hydrogens (tertiary/aromatic N) is 4. The van der Waals surface area contributed by atoms with Crippen molar-refractivity contribution >= 4 is 28.8 Å². The molecular formula is C18H10F4N4. The molecule has 2 aromatic heterocycles. The highest BCUT2D eigenvalue weighted by molar-refractivity contribution is 5.83. The van der Waals surface area contributed by atoms with Crippen molar-refractivity contribution in [1.82, 2.24) is 19.6 Å². The lowest BCUT2D eigenvalue weighted by molar-refractivity contribution is -0.145. The van der Waals surface area contributed by atoms with Gasteiger partial charge in [0.2, 0.25) is 5.82 Å². The van der Waals surface area contributed by atoms with Crippen LogP contribution in [-0.4, -0.2) is 19.6 Å². The summed E-state index contributed by atoms with van der Waals surface area (Å²) < 4.78 is 53.8. The van der Waals surface area contributed by atoms with Gasteiger partial charge in [0.25, 0.3) is 0 Å². The summed E-state index contributed by atoms with van der Waals surface area (Å²) in [5, 5.41) is 6.99. The van der Waals surface area contributed by atoms with E-state index in [0.29, 0.717) is 11.1 Å². The van der Waals surface area contributed by atoms with Crippen LogP contribution in [0.3, 0.4) is 0 Å². The summed E-state index contributed by atoms with van der Waals surface area (Å²) in [6.45, 7) is 0. The van der Waals surface area contributed by atoms with Crippen molar-refractivity contribution in [3.8, 4) is 0 Å². The molecule has 0 amide bonds. The Morgan fingerprint density at radius 3 is 2.35 bits per heavy atom. The molecule has 0 aliphatic carbocycles. The van der Waals surface area contributed by atoms with E-state index >= 15 is 0 Å². The summed E-state index contributed by atoms with van der Waals surface area (Å²) >= 11 is 0. The molecule has 0 unspecified atom stereocenters. The Morgan fingerprint density at radius 2 is 1.62 bits per heavy atom. The third-order valence-corrected chi connectivity index (χ3v) is 3.81. The van der Waals surface area contributed by atoms with Crippen molar-refractivity contribution in [1.29, 1.82) is 0 Å². The minimum absolute atomic E-state index is 0.00520. The van der Waals surface area contributed by atoms with E-state index in [1.165, 1.54) is 24.3 Å². The van der Waals surface area contributed by atoms with Gasteiger partial charge in [-0.3, -0.25) is 4.40 Å². The topological polar surface area (TPSA) is 43.1 Å². The van der Waals surface area contributed by atoms with Crippen LogP contribution in [0.2, 0.25) is 0 Å². The van der Waals surface area contributed by atoms with Gasteiger partial charge in [0.05, 0.1) is 11.0 Å². The minimum Gasteiger partial charge on any atom is -0.268 e. The van der Waals surface area contributed by atoms with E-state index in [4.69, 9.17) is 0 Å². The summed E-state index contributed by atoms with van der Waals surface area (Å²) in [7, 11) is 0. The predicted molar refractivity (Wildman–Crippen MR) is 88.6 cm³/mol. The van der Waals surface area contributed by atoms with Crippen molar-refractivity contribution in [3.63, 3.8) is 0 Å². The zero-order valence-corrected chi connectivity index (χ0v) is 13.1. The molecule has 26 heavy (non-hydrogen) atoms. The van der Waals surface area contributed by atoms with Crippen molar-refractivity contribution in [2.24, 2.45) is 0 Å². The average molecular weight is 358 g/mol. The van der Waals surface area contributed by atoms with Gasteiger partial charge in [-0.2, -0.15) is 13.2 Å². The predicted octanol–water partition coefficient (Wildman–Crippen LogP) is 4.61. The second-order valence-corrected chi connectivity index (χ2v) is 5.55. The van der Waals surface area contributed by atoms with Gasteiger partial charge in [-0.05, 0) is 35.9 Å². The van der Waals surface area contributed by atoms with E-state index in [0.717, 1.165) is 4.40 Å². The van der Waals surface area contributed by atoms with Gasteiger partial charge in [-0.1, -0.05) is 30.3 Å². The van der Waals surface area contributed by atoms with E-state index in [-0.39, 0.29) is 22.7 Å². The van der Waals surface area contributed by atoms with Crippen molar-refractivity contribution in [2.45, 2.75) is 6.18 Å². The van der Waals surface area contributed by atoms with E-state index in [1.807, 2.05) is 0 Å². The molecule has 0 N–H and O–H groups in total. The normalized spacial score (nSPS) is 12.5. The van der Waals surface area contributed by atoms with Crippen molar-refractivity contribution in [3.05, 3.63) is 71.4 Å². The summed E-state index contributed by atoms with van der Waals surface area (Å²) in [5.41, 5.74) is 1.54. The monoisotopic (exact) mass is 358 g/mol. The number of alkyl halides is 3. The third kappa shape index (κ3) is 2.79. The number of benzene rings is 2. The molecule has 4 nitrogen and oxygen atoms in total. The van der Waals surface area contributed by atoms with E-state index in [9.17, 15) is 17.6 Å². The van der Waals surface area contributed by atoms with E-state index < -0.39 is 12.0 Å². The van der Waals surface area contributed by atoms with Gasteiger partial charge < -0.3 is 0 Å². The number of halogens is 4. The average Bonchev–Trinajstić information content (AvgIpc) is 3.07. The molecule has 0 aliphatic heterocycles. The highest BCUT2D eigenvalue weighted by Crippen LogP contribution is 2.30. The molecule has 8 heteroatoms. The van der Waals surface area contributed by atoms with Crippen molar-refractivity contribution in [2.75, 3.05) is 0 Å². The van der Waals surface area contributed by atoms with Crippen LogP contribution in [0.4, 0.5) is 17.6 Å². The lowest BCUT2D eigenvalue weighted by atomic mass is 10.2. The van der Waals surface area contributed by atoms with Crippen molar-refractivity contribution < 1.29 is 17.6 Å². The van der Waals surface area contributed by atoms with Gasteiger partial charge in [-0.15, -0.1) is 10.2 Å². The maximum absolute atomic E-state index is 13.3. The van der Waals surface area contributed by atoms with Crippen LogP contribution in [0, 0.1) is 5.82 Å². The van der Waals surface area contributed by atoms with Crippen LogP contribution >= 0.6 is 0 Å². The number of rotatable bonds is 2. The lowest BCUT2D eigenvalue weighted by Gasteiger charge is -2.08. The van der Waals surface area contributed by atoms with E-state index in [1.54, 1.807) is 36.4 Å². The molecule has 0 fully saturated rings. The van der Waals surface area contributed by atoms with Gasteiger partial charge in [0.15, 0.2) is 5.65 Å². The molecule has 0 atom stereocenters. The van der Waals surface area contributed by atoms with Crippen LogP contribution < -0.4 is 0 Å². The zero-order chi connectivity index (χ0) is 18.3. The second kappa shape index (κ2) is 5.91. The first-order chi connectivity index (χ1) is 12.4. The number of hydrogen-bond acceptors (Lipinski definition) is 3. The van der Waals surface area contributed by atoms with Crippen LogP contribution in [0.1, 0.15) is 17.1 Å². The number of hydrogen-bond donors (Lipinski definition) is 0. The molecule has 4 aromatic rings. The van der Waals surface area contributed by atoms with Crippen LogP contribution in [-0.2, 0) is 6.18 Å². The lowest BCUT2D eigenvalue weighted by Crippen LogP contribution is -2.11. The highest BCUT2D eigenvalue weighted by Gasteiger charge is 2.37. The Bertz CT molecular complexity index is 1130. The smallest absolute Gasteiger partial charge is 0.268 e. The fourth-order valence-electron chi connectivity index (χ4n) is 2.65. The number of aromatic nitrogens is 4. The molecule has 2 heterocycles. The quantitative estimate of drug-likeness (QED) is 0.492. The molecule has 0 radical (unpaired) electrons. The first-order valence-corrected chi connectivity index (χ1v) is 7.58. The summed E-state index contributed by atoms with van der Waals surface area (Å²) in [4.78, 5) is 4.38. The fraction of sp³-hybridized carbons (Fsp3) is 0.0556. The summed E-state index contributed by atoms with van der Waals surface area (Å²) in [5.74, 6) is -1.48. The maximum atomic E-state index is 13.3. The third-order valence-electron chi connectivity index (χ3n) is 3.81. The van der Waals surface area contributed by atoms with Gasteiger partial charge >= 0.3 is 6.18 Å². The van der Waals surface area contributed by atoms with Crippen LogP contribution in [0.15, 0.2) is 48.5 Å². The van der Waals surface area contributed by atoms with Crippen LogP contribution in [0.5, 0.6) is 0 Å². The molecule has 4 rings (SSSR count). The first-order valence-electron chi connectivity index (χ1n) is 7.58. The molecular weight excluding hydrogens is 348 g/mol.